The predicted molar refractivity (Wildman–Crippen MR) is 54.7 cm³/mol. The predicted octanol–water partition coefficient (Wildman–Crippen LogP) is 1.85. The molecular weight excluding hydrogens is 195 g/mol. The van der Waals surface area contributed by atoms with Gasteiger partial charge in [-0.05, 0) is 35.6 Å². The second-order valence-electron chi connectivity index (χ2n) is 3.60. The monoisotopic (exact) mass is 206 g/mol. The first-order valence-electron chi connectivity index (χ1n) is 4.83. The first-order valence-corrected chi connectivity index (χ1v) is 4.83. The van der Waals surface area contributed by atoms with Crippen LogP contribution in [0.5, 0.6) is 0 Å². The van der Waals surface area contributed by atoms with Gasteiger partial charge >= 0.3 is 0 Å². The van der Waals surface area contributed by atoms with E-state index >= 15 is 0 Å². The van der Waals surface area contributed by atoms with Crippen molar-refractivity contribution in [3.63, 3.8) is 0 Å². The molecule has 0 saturated carbocycles. The number of rotatable bonds is 2. The SMILES string of the molecule is O=CC1=Cc2ccc(CO)c(F)c2CC1. The maximum absolute atomic E-state index is 13.7. The van der Waals surface area contributed by atoms with Crippen LogP contribution >= 0.6 is 0 Å². The quantitative estimate of drug-likeness (QED) is 0.750. The summed E-state index contributed by atoms with van der Waals surface area (Å²) in [5.74, 6) is -0.337. The molecule has 0 saturated heterocycles. The van der Waals surface area contributed by atoms with E-state index in [0.717, 1.165) is 11.8 Å². The Morgan fingerprint density at radius 1 is 1.40 bits per heavy atom. The molecule has 1 aromatic carbocycles. The third-order valence-corrected chi connectivity index (χ3v) is 2.69. The lowest BCUT2D eigenvalue weighted by Crippen LogP contribution is -2.05. The minimum Gasteiger partial charge on any atom is -0.392 e. The highest BCUT2D eigenvalue weighted by atomic mass is 19.1. The number of aliphatic hydroxyl groups excluding tert-OH is 1. The zero-order valence-electron chi connectivity index (χ0n) is 8.16. The van der Waals surface area contributed by atoms with E-state index in [1.54, 1.807) is 18.2 Å². The number of hydrogen-bond acceptors (Lipinski definition) is 2. The number of hydrogen-bond donors (Lipinski definition) is 1. The van der Waals surface area contributed by atoms with Gasteiger partial charge in [0.2, 0.25) is 0 Å². The number of carbonyl (C=O) groups excluding carboxylic acids is 1. The summed E-state index contributed by atoms with van der Waals surface area (Å²) in [5.41, 5.74) is 2.36. The van der Waals surface area contributed by atoms with E-state index in [2.05, 4.69) is 0 Å². The van der Waals surface area contributed by atoms with Crippen molar-refractivity contribution in [1.82, 2.24) is 0 Å². The molecule has 15 heavy (non-hydrogen) atoms. The largest absolute Gasteiger partial charge is 0.392 e. The second kappa shape index (κ2) is 3.95. The highest BCUT2D eigenvalue weighted by molar-refractivity contribution is 5.83. The first-order chi connectivity index (χ1) is 7.26. The standard InChI is InChI=1S/C12H11FO2/c13-12-10(7-15)3-2-9-5-8(6-14)1-4-11(9)12/h2-3,5-6,15H,1,4,7H2. The molecule has 0 aliphatic heterocycles. The fourth-order valence-corrected chi connectivity index (χ4v) is 1.83. The molecule has 0 amide bonds. The lowest BCUT2D eigenvalue weighted by molar-refractivity contribution is -0.105. The summed E-state index contributed by atoms with van der Waals surface area (Å²) in [4.78, 5) is 10.6. The van der Waals surface area contributed by atoms with Crippen LogP contribution in [-0.2, 0) is 17.8 Å². The van der Waals surface area contributed by atoms with E-state index in [1.807, 2.05) is 0 Å². The molecule has 0 radical (unpaired) electrons. The molecule has 1 aliphatic carbocycles. The molecule has 0 aromatic heterocycles. The van der Waals surface area contributed by atoms with E-state index in [9.17, 15) is 9.18 Å². The van der Waals surface area contributed by atoms with Gasteiger partial charge in [0.1, 0.15) is 12.1 Å². The van der Waals surface area contributed by atoms with Gasteiger partial charge in [0.05, 0.1) is 6.61 Å². The fraction of sp³-hybridized carbons (Fsp3) is 0.250. The molecule has 0 bridgehead atoms. The summed E-state index contributed by atoms with van der Waals surface area (Å²) in [5, 5.41) is 8.91. The Kier molecular flexibility index (Phi) is 2.64. The molecule has 3 heteroatoms. The molecule has 2 rings (SSSR count). The van der Waals surface area contributed by atoms with Crippen molar-refractivity contribution in [1.29, 1.82) is 0 Å². The summed E-state index contributed by atoms with van der Waals surface area (Å²) < 4.78 is 13.7. The van der Waals surface area contributed by atoms with Crippen LogP contribution in [0.2, 0.25) is 0 Å². The average molecular weight is 206 g/mol. The van der Waals surface area contributed by atoms with E-state index in [4.69, 9.17) is 5.11 Å². The molecule has 1 N–H and O–H groups in total. The third kappa shape index (κ3) is 1.70. The highest BCUT2D eigenvalue weighted by Crippen LogP contribution is 2.27. The number of carbonyl (C=O) groups is 1. The van der Waals surface area contributed by atoms with Crippen LogP contribution in [0.15, 0.2) is 17.7 Å². The van der Waals surface area contributed by atoms with Crippen LogP contribution in [0.25, 0.3) is 6.08 Å². The second-order valence-corrected chi connectivity index (χ2v) is 3.60. The van der Waals surface area contributed by atoms with Crippen molar-refractivity contribution in [3.05, 3.63) is 40.2 Å². The van der Waals surface area contributed by atoms with Gasteiger partial charge in [-0.2, -0.15) is 0 Å². The van der Waals surface area contributed by atoms with E-state index in [1.165, 1.54) is 0 Å². The molecule has 0 fully saturated rings. The molecule has 0 heterocycles. The van der Waals surface area contributed by atoms with Crippen molar-refractivity contribution in [2.45, 2.75) is 19.4 Å². The number of halogens is 1. The number of aldehydes is 1. The normalized spacial score (nSPS) is 14.4. The van der Waals surface area contributed by atoms with Gasteiger partial charge in [0.25, 0.3) is 0 Å². The minimum atomic E-state index is -0.337. The highest BCUT2D eigenvalue weighted by Gasteiger charge is 2.16. The van der Waals surface area contributed by atoms with Crippen molar-refractivity contribution in [2.75, 3.05) is 0 Å². The molecule has 0 unspecified atom stereocenters. The molecule has 1 aromatic rings. The fourth-order valence-electron chi connectivity index (χ4n) is 1.83. The van der Waals surface area contributed by atoms with Gasteiger partial charge in [0, 0.05) is 5.56 Å². The topological polar surface area (TPSA) is 37.3 Å². The Morgan fingerprint density at radius 2 is 2.20 bits per heavy atom. The van der Waals surface area contributed by atoms with Crippen LogP contribution < -0.4 is 0 Å². The zero-order valence-corrected chi connectivity index (χ0v) is 8.16. The van der Waals surface area contributed by atoms with E-state index < -0.39 is 0 Å². The van der Waals surface area contributed by atoms with Crippen molar-refractivity contribution < 1.29 is 14.3 Å². The van der Waals surface area contributed by atoms with Crippen LogP contribution in [-0.4, -0.2) is 11.4 Å². The Bertz CT molecular complexity index is 435. The van der Waals surface area contributed by atoms with Crippen LogP contribution in [0.3, 0.4) is 0 Å². The summed E-state index contributed by atoms with van der Waals surface area (Å²) in [6.45, 7) is -0.288. The van der Waals surface area contributed by atoms with Crippen molar-refractivity contribution in [2.24, 2.45) is 0 Å². The molecule has 0 atom stereocenters. The summed E-state index contributed by atoms with van der Waals surface area (Å²) >= 11 is 0. The van der Waals surface area contributed by atoms with Crippen LogP contribution in [0.4, 0.5) is 4.39 Å². The molecule has 2 nitrogen and oxygen atoms in total. The Hall–Kier alpha value is -1.48. The lowest BCUT2D eigenvalue weighted by atomic mass is 9.91. The number of allylic oxidation sites excluding steroid dienone is 1. The van der Waals surface area contributed by atoms with E-state index in [-0.39, 0.29) is 12.4 Å². The smallest absolute Gasteiger partial charge is 0.146 e. The summed E-state index contributed by atoms with van der Waals surface area (Å²) in [7, 11) is 0. The maximum Gasteiger partial charge on any atom is 0.146 e. The van der Waals surface area contributed by atoms with Crippen molar-refractivity contribution in [3.8, 4) is 0 Å². The summed E-state index contributed by atoms with van der Waals surface area (Å²) in [6.07, 6.45) is 3.61. The van der Waals surface area contributed by atoms with Gasteiger partial charge in [-0.3, -0.25) is 4.79 Å². The Balaban J connectivity index is 2.52. The molecule has 78 valence electrons. The van der Waals surface area contributed by atoms with Crippen molar-refractivity contribution >= 4 is 12.4 Å². The number of aliphatic hydroxyl groups is 1. The maximum atomic E-state index is 13.7. The number of fused-ring (bicyclic) bond motifs is 1. The van der Waals surface area contributed by atoms with Crippen LogP contribution in [0.1, 0.15) is 23.1 Å². The molecule has 0 spiro atoms. The lowest BCUT2D eigenvalue weighted by Gasteiger charge is -2.15. The van der Waals surface area contributed by atoms with Gasteiger partial charge in [-0.15, -0.1) is 0 Å². The minimum absolute atomic E-state index is 0.288. The zero-order chi connectivity index (χ0) is 10.8. The Morgan fingerprint density at radius 3 is 2.87 bits per heavy atom. The summed E-state index contributed by atoms with van der Waals surface area (Å²) in [6, 6.07) is 3.30. The molecule has 1 aliphatic rings. The molecular formula is C12H11FO2. The van der Waals surface area contributed by atoms with Gasteiger partial charge < -0.3 is 5.11 Å². The average Bonchev–Trinajstić information content (AvgIpc) is 2.29. The van der Waals surface area contributed by atoms with Crippen LogP contribution in [0, 0.1) is 5.82 Å². The number of benzene rings is 1. The van der Waals surface area contributed by atoms with Gasteiger partial charge in [-0.25, -0.2) is 4.39 Å². The van der Waals surface area contributed by atoms with Gasteiger partial charge in [0.15, 0.2) is 0 Å². The Labute approximate surface area is 87.0 Å². The first kappa shape index (κ1) is 10.1. The van der Waals surface area contributed by atoms with E-state index in [0.29, 0.717) is 29.5 Å². The third-order valence-electron chi connectivity index (χ3n) is 2.69. The van der Waals surface area contributed by atoms with Gasteiger partial charge in [-0.1, -0.05) is 12.1 Å².